The number of carbonyl (C=O) groups is 1. The van der Waals surface area contributed by atoms with Gasteiger partial charge in [-0.15, -0.1) is 0 Å². The number of hydrogen-bond acceptors (Lipinski definition) is 7. The summed E-state index contributed by atoms with van der Waals surface area (Å²) in [5.74, 6) is -0.601. The predicted octanol–water partition coefficient (Wildman–Crippen LogP) is 4.78. The number of anilines is 1. The number of benzene rings is 1. The van der Waals surface area contributed by atoms with Crippen molar-refractivity contribution in [3.8, 4) is 17.1 Å². The molecule has 1 amide bonds. The summed E-state index contributed by atoms with van der Waals surface area (Å²) >= 11 is 6.09. The molecule has 1 saturated heterocycles. The van der Waals surface area contributed by atoms with Gasteiger partial charge in [-0.2, -0.15) is 0 Å². The molecule has 0 radical (unpaired) electrons. The number of nitrogens with one attached hydrogen (secondary N) is 2. The highest BCUT2D eigenvalue weighted by Gasteiger charge is 2.29. The van der Waals surface area contributed by atoms with Gasteiger partial charge in [-0.1, -0.05) is 11.6 Å². The average Bonchev–Trinajstić information content (AvgIpc) is 3.35. The van der Waals surface area contributed by atoms with Gasteiger partial charge >= 0.3 is 0 Å². The standard InChI is InChI=1S/C26H23ClF2N6O3/c27-16-5-18-20(9-32-23(18)31-8-16)24-33-10-21(29)25(34-24)30-7-14-2-1-3-35(11-14)26(36)19-6-17(28)4-15-12-37-13-38-22(15)19/h4-6,8-10,14H,1-3,7,11-13H2,(H,31,32)(H,30,33,34)/t14-/m0/s1. The molecule has 0 spiro atoms. The van der Waals surface area contributed by atoms with E-state index in [2.05, 4.69) is 25.3 Å². The van der Waals surface area contributed by atoms with Crippen LogP contribution in [0.3, 0.4) is 0 Å². The number of ether oxygens (including phenoxy) is 2. The van der Waals surface area contributed by atoms with Crippen molar-refractivity contribution in [3.63, 3.8) is 0 Å². The summed E-state index contributed by atoms with van der Waals surface area (Å²) in [4.78, 5) is 30.8. The third-order valence-electron chi connectivity index (χ3n) is 6.75. The van der Waals surface area contributed by atoms with E-state index in [0.29, 0.717) is 53.0 Å². The molecule has 2 aliphatic rings. The van der Waals surface area contributed by atoms with Crippen LogP contribution in [-0.4, -0.2) is 57.2 Å². The molecule has 0 unspecified atom stereocenters. The van der Waals surface area contributed by atoms with Gasteiger partial charge < -0.3 is 24.7 Å². The number of aromatic amines is 1. The fourth-order valence-corrected chi connectivity index (χ4v) is 5.11. The highest BCUT2D eigenvalue weighted by molar-refractivity contribution is 6.31. The maximum atomic E-state index is 14.6. The number of carbonyl (C=O) groups excluding carboxylic acids is 1. The number of fused-ring (bicyclic) bond motifs is 2. The van der Waals surface area contributed by atoms with Gasteiger partial charge in [0.1, 0.15) is 17.2 Å². The van der Waals surface area contributed by atoms with Gasteiger partial charge in [0, 0.05) is 48.5 Å². The van der Waals surface area contributed by atoms with E-state index in [4.69, 9.17) is 21.1 Å². The van der Waals surface area contributed by atoms with Crippen molar-refractivity contribution in [2.75, 3.05) is 31.7 Å². The van der Waals surface area contributed by atoms with Crippen molar-refractivity contribution in [2.24, 2.45) is 5.92 Å². The first-order chi connectivity index (χ1) is 18.5. The Kier molecular flexibility index (Phi) is 6.54. The summed E-state index contributed by atoms with van der Waals surface area (Å²) in [6.45, 7) is 1.57. The molecular weight excluding hydrogens is 518 g/mol. The summed E-state index contributed by atoms with van der Waals surface area (Å²) in [6.07, 6.45) is 5.96. The van der Waals surface area contributed by atoms with Crippen molar-refractivity contribution in [2.45, 2.75) is 19.4 Å². The molecule has 2 N–H and O–H groups in total. The Balaban J connectivity index is 1.17. The third-order valence-corrected chi connectivity index (χ3v) is 6.96. The van der Waals surface area contributed by atoms with Crippen molar-refractivity contribution in [1.82, 2.24) is 24.8 Å². The largest absolute Gasteiger partial charge is 0.466 e. The van der Waals surface area contributed by atoms with E-state index in [0.717, 1.165) is 24.4 Å². The average molecular weight is 541 g/mol. The summed E-state index contributed by atoms with van der Waals surface area (Å²) < 4.78 is 39.5. The molecule has 2 aliphatic heterocycles. The van der Waals surface area contributed by atoms with E-state index < -0.39 is 11.6 Å². The SMILES string of the molecule is O=C(c1cc(F)cc2c1OCOC2)N1CCC[C@@H](CNc2nc(-c3c[nH]c4ncc(Cl)cc34)ncc2F)C1. The Bertz CT molecular complexity index is 1530. The second-order valence-corrected chi connectivity index (χ2v) is 9.77. The minimum absolute atomic E-state index is 0.0139. The van der Waals surface area contributed by atoms with Crippen molar-refractivity contribution >= 4 is 34.4 Å². The Hall–Kier alpha value is -3.83. The van der Waals surface area contributed by atoms with Crippen LogP contribution in [0.2, 0.25) is 5.02 Å². The number of likely N-dealkylation sites (tertiary alicyclic amines) is 1. The van der Waals surface area contributed by atoms with E-state index in [1.165, 1.54) is 18.3 Å². The van der Waals surface area contributed by atoms with Gasteiger partial charge in [0.2, 0.25) is 0 Å². The van der Waals surface area contributed by atoms with Crippen LogP contribution >= 0.6 is 11.6 Å². The van der Waals surface area contributed by atoms with Crippen LogP contribution < -0.4 is 10.1 Å². The molecule has 3 aromatic heterocycles. The van der Waals surface area contributed by atoms with Crippen LogP contribution in [-0.2, 0) is 11.3 Å². The first-order valence-corrected chi connectivity index (χ1v) is 12.6. The van der Waals surface area contributed by atoms with E-state index in [9.17, 15) is 13.6 Å². The van der Waals surface area contributed by atoms with Crippen LogP contribution in [0.4, 0.5) is 14.6 Å². The molecule has 0 bridgehead atoms. The van der Waals surface area contributed by atoms with Gasteiger partial charge in [-0.3, -0.25) is 4.79 Å². The molecule has 1 fully saturated rings. The van der Waals surface area contributed by atoms with Crippen LogP contribution in [0.15, 0.2) is 36.8 Å². The predicted molar refractivity (Wildman–Crippen MR) is 136 cm³/mol. The van der Waals surface area contributed by atoms with Crippen molar-refractivity contribution in [3.05, 3.63) is 64.6 Å². The van der Waals surface area contributed by atoms with Gasteiger partial charge in [0.15, 0.2) is 24.3 Å². The first-order valence-electron chi connectivity index (χ1n) is 12.2. The molecule has 1 aromatic carbocycles. The molecule has 1 atom stereocenters. The number of nitrogens with zero attached hydrogens (tertiary/aromatic N) is 4. The number of amides is 1. The van der Waals surface area contributed by atoms with Crippen LogP contribution in [0.5, 0.6) is 5.75 Å². The van der Waals surface area contributed by atoms with Crippen LogP contribution in [0.1, 0.15) is 28.8 Å². The number of aromatic nitrogens is 4. The number of rotatable bonds is 5. The molecular formula is C26H23ClF2N6O3. The Morgan fingerprint density at radius 3 is 3.03 bits per heavy atom. The number of H-pyrrole nitrogens is 1. The molecule has 38 heavy (non-hydrogen) atoms. The number of piperidine rings is 1. The number of halogens is 3. The van der Waals surface area contributed by atoms with Crippen LogP contribution in [0.25, 0.3) is 22.4 Å². The minimum Gasteiger partial charge on any atom is -0.466 e. The van der Waals surface area contributed by atoms with Crippen molar-refractivity contribution < 1.29 is 23.0 Å². The lowest BCUT2D eigenvalue weighted by molar-refractivity contribution is -0.0173. The van der Waals surface area contributed by atoms with E-state index in [-0.39, 0.29) is 36.6 Å². The molecule has 6 rings (SSSR count). The summed E-state index contributed by atoms with van der Waals surface area (Å²) in [5, 5.41) is 4.28. The highest BCUT2D eigenvalue weighted by Crippen LogP contribution is 2.32. The minimum atomic E-state index is -0.584. The molecule has 0 saturated carbocycles. The molecule has 9 nitrogen and oxygen atoms in total. The second kappa shape index (κ2) is 10.1. The zero-order chi connectivity index (χ0) is 26.2. The summed E-state index contributed by atoms with van der Waals surface area (Å²) in [5.41, 5.74) is 1.98. The van der Waals surface area contributed by atoms with Gasteiger partial charge in [0.25, 0.3) is 5.91 Å². The Labute approximate surface area is 221 Å². The Morgan fingerprint density at radius 1 is 1.24 bits per heavy atom. The lowest BCUT2D eigenvalue weighted by atomic mass is 9.96. The number of hydrogen-bond donors (Lipinski definition) is 2. The van der Waals surface area contributed by atoms with E-state index >= 15 is 0 Å². The third kappa shape index (κ3) is 4.74. The summed E-state index contributed by atoms with van der Waals surface area (Å²) in [6, 6.07) is 4.27. The fraction of sp³-hybridized carbons (Fsp3) is 0.308. The summed E-state index contributed by atoms with van der Waals surface area (Å²) in [7, 11) is 0. The second-order valence-electron chi connectivity index (χ2n) is 9.33. The maximum Gasteiger partial charge on any atom is 0.257 e. The highest BCUT2D eigenvalue weighted by atomic mass is 35.5. The molecule has 5 heterocycles. The number of pyridine rings is 1. The molecule has 4 aromatic rings. The monoisotopic (exact) mass is 540 g/mol. The van der Waals surface area contributed by atoms with Crippen molar-refractivity contribution in [1.29, 1.82) is 0 Å². The Morgan fingerprint density at radius 2 is 2.13 bits per heavy atom. The lowest BCUT2D eigenvalue weighted by Crippen LogP contribution is -2.42. The molecule has 12 heteroatoms. The van der Waals surface area contributed by atoms with Gasteiger partial charge in [-0.05, 0) is 37.0 Å². The fourth-order valence-electron chi connectivity index (χ4n) is 4.95. The van der Waals surface area contributed by atoms with E-state index in [1.54, 1.807) is 17.2 Å². The topological polar surface area (TPSA) is 105 Å². The smallest absolute Gasteiger partial charge is 0.257 e. The van der Waals surface area contributed by atoms with Gasteiger partial charge in [-0.25, -0.2) is 23.7 Å². The quantitative estimate of drug-likeness (QED) is 0.375. The van der Waals surface area contributed by atoms with Crippen LogP contribution in [0, 0.1) is 17.6 Å². The molecule has 196 valence electrons. The zero-order valence-electron chi connectivity index (χ0n) is 20.1. The zero-order valence-corrected chi connectivity index (χ0v) is 20.9. The first kappa shape index (κ1) is 24.5. The van der Waals surface area contributed by atoms with E-state index in [1.807, 2.05) is 0 Å². The lowest BCUT2D eigenvalue weighted by Gasteiger charge is -2.33. The maximum absolute atomic E-state index is 14.6. The van der Waals surface area contributed by atoms with Gasteiger partial charge in [0.05, 0.1) is 23.4 Å². The molecule has 0 aliphatic carbocycles. The normalized spacial score (nSPS) is 17.2.